The maximum absolute atomic E-state index is 6.70. The van der Waals surface area contributed by atoms with Crippen molar-refractivity contribution in [1.29, 1.82) is 0 Å². The summed E-state index contributed by atoms with van der Waals surface area (Å²) in [6.07, 6.45) is 4.29. The quantitative estimate of drug-likeness (QED) is 0.549. The molecule has 0 amide bonds. The number of furan rings is 1. The van der Waals surface area contributed by atoms with Crippen molar-refractivity contribution < 1.29 is 9.15 Å². The van der Waals surface area contributed by atoms with Gasteiger partial charge in [-0.3, -0.25) is 4.90 Å². The number of fused-ring (bicyclic) bond motifs is 4. The van der Waals surface area contributed by atoms with Gasteiger partial charge < -0.3 is 9.15 Å². The Bertz CT molecular complexity index is 1110. The second-order valence-electron chi connectivity index (χ2n) is 8.58. The zero-order valence-corrected chi connectivity index (χ0v) is 18.0. The Labute approximate surface area is 186 Å². The predicted molar refractivity (Wildman–Crippen MR) is 120 cm³/mol. The molecule has 31 heavy (non-hydrogen) atoms. The van der Waals surface area contributed by atoms with Crippen LogP contribution in [0, 0.1) is 0 Å². The van der Waals surface area contributed by atoms with Crippen LogP contribution in [0.4, 0.5) is 0 Å². The molecule has 0 aliphatic carbocycles. The van der Waals surface area contributed by atoms with Crippen LogP contribution < -0.4 is 4.74 Å². The molecule has 0 N–H and O–H groups in total. The van der Waals surface area contributed by atoms with Crippen LogP contribution in [0.5, 0.6) is 5.75 Å². The molecule has 1 saturated heterocycles. The molecule has 1 atom stereocenters. The fourth-order valence-electron chi connectivity index (χ4n) is 5.08. The smallest absolute Gasteiger partial charge is 0.200 e. The molecule has 2 aromatic carbocycles. The Morgan fingerprint density at radius 2 is 1.87 bits per heavy atom. The first-order valence-electron chi connectivity index (χ1n) is 10.9. The highest BCUT2D eigenvalue weighted by Gasteiger charge is 2.52. The molecule has 0 radical (unpaired) electrons. The van der Waals surface area contributed by atoms with Crippen molar-refractivity contribution in [3.05, 3.63) is 88.8 Å². The van der Waals surface area contributed by atoms with E-state index in [9.17, 15) is 0 Å². The lowest BCUT2D eigenvalue weighted by Gasteiger charge is -2.51. The molecule has 5 nitrogen and oxygen atoms in total. The molecule has 3 aliphatic rings. The maximum Gasteiger partial charge on any atom is 0.200 e. The normalized spacial score (nSPS) is 22.0. The largest absolute Gasteiger partial charge is 0.466 e. The molecule has 1 aromatic heterocycles. The van der Waals surface area contributed by atoms with E-state index in [4.69, 9.17) is 25.9 Å². The number of ether oxygens (including phenoxy) is 1. The average molecular weight is 434 g/mol. The van der Waals surface area contributed by atoms with Crippen molar-refractivity contribution in [2.75, 3.05) is 13.1 Å². The first-order valence-corrected chi connectivity index (χ1v) is 11.2. The number of nitrogens with zero attached hydrogens (tertiary/aromatic N) is 3. The van der Waals surface area contributed by atoms with E-state index in [1.54, 1.807) is 6.26 Å². The van der Waals surface area contributed by atoms with E-state index >= 15 is 0 Å². The van der Waals surface area contributed by atoms with Gasteiger partial charge in [0, 0.05) is 49.5 Å². The van der Waals surface area contributed by atoms with Crippen LogP contribution >= 0.6 is 11.6 Å². The van der Waals surface area contributed by atoms with E-state index < -0.39 is 5.72 Å². The summed E-state index contributed by atoms with van der Waals surface area (Å²) in [6, 6.07) is 20.6. The third kappa shape index (κ3) is 3.33. The Kier molecular flexibility index (Phi) is 4.55. The SMILES string of the molecule is Clc1ccc2c(c1)[C@@H]1CC(c3ccco3)=NN1C1(CCN(Cc3ccccc3)CC1)O2. The van der Waals surface area contributed by atoms with E-state index in [0.29, 0.717) is 0 Å². The van der Waals surface area contributed by atoms with Gasteiger partial charge in [-0.2, -0.15) is 5.10 Å². The van der Waals surface area contributed by atoms with Gasteiger partial charge in [0.25, 0.3) is 0 Å². The number of benzene rings is 2. The molecule has 3 aliphatic heterocycles. The summed E-state index contributed by atoms with van der Waals surface area (Å²) in [4.78, 5) is 2.50. The minimum Gasteiger partial charge on any atom is -0.466 e. The van der Waals surface area contributed by atoms with Gasteiger partial charge in [-0.15, -0.1) is 0 Å². The minimum atomic E-state index is -0.437. The fraction of sp³-hybridized carbons (Fsp3) is 0.320. The number of rotatable bonds is 3. The summed E-state index contributed by atoms with van der Waals surface area (Å²) in [5.74, 6) is 1.76. The number of hydrogen-bond donors (Lipinski definition) is 0. The second-order valence-corrected chi connectivity index (χ2v) is 9.02. The van der Waals surface area contributed by atoms with Gasteiger partial charge >= 0.3 is 0 Å². The van der Waals surface area contributed by atoms with Crippen LogP contribution in [0.2, 0.25) is 5.02 Å². The number of piperidine rings is 1. The first kappa shape index (κ1) is 19.0. The molecule has 158 valence electrons. The van der Waals surface area contributed by atoms with Crippen LogP contribution in [0.3, 0.4) is 0 Å². The van der Waals surface area contributed by atoms with Crippen molar-refractivity contribution in [3.8, 4) is 5.75 Å². The van der Waals surface area contributed by atoms with Crippen LogP contribution in [0.15, 0.2) is 76.4 Å². The van der Waals surface area contributed by atoms with E-state index in [1.165, 1.54) is 5.56 Å². The van der Waals surface area contributed by atoms with Crippen molar-refractivity contribution in [1.82, 2.24) is 9.91 Å². The highest BCUT2D eigenvalue weighted by Crippen LogP contribution is 2.50. The number of hydrogen-bond acceptors (Lipinski definition) is 5. The number of halogens is 1. The van der Waals surface area contributed by atoms with Crippen molar-refractivity contribution in [2.24, 2.45) is 5.10 Å². The molecule has 0 saturated carbocycles. The van der Waals surface area contributed by atoms with Crippen molar-refractivity contribution in [2.45, 2.75) is 37.6 Å². The Balaban J connectivity index is 1.30. The molecule has 1 spiro atoms. The molecule has 0 unspecified atom stereocenters. The molecule has 4 heterocycles. The van der Waals surface area contributed by atoms with Crippen molar-refractivity contribution >= 4 is 17.3 Å². The van der Waals surface area contributed by atoms with E-state index in [0.717, 1.165) is 66.7 Å². The Hall–Kier alpha value is -2.76. The van der Waals surface area contributed by atoms with E-state index in [1.807, 2.05) is 30.3 Å². The van der Waals surface area contributed by atoms with Crippen LogP contribution in [0.1, 0.15) is 42.2 Å². The fourth-order valence-corrected chi connectivity index (χ4v) is 5.26. The third-order valence-corrected chi connectivity index (χ3v) is 6.89. The van der Waals surface area contributed by atoms with Gasteiger partial charge in [-0.1, -0.05) is 41.9 Å². The van der Waals surface area contributed by atoms with Crippen LogP contribution in [-0.4, -0.2) is 34.4 Å². The lowest BCUT2D eigenvalue weighted by atomic mass is 9.91. The maximum atomic E-state index is 6.70. The molecule has 0 bridgehead atoms. The summed E-state index contributed by atoms with van der Waals surface area (Å²) in [5.41, 5.74) is 2.99. The first-order chi connectivity index (χ1) is 15.2. The van der Waals surface area contributed by atoms with E-state index in [-0.39, 0.29) is 6.04 Å². The monoisotopic (exact) mass is 433 g/mol. The van der Waals surface area contributed by atoms with Gasteiger partial charge in [0.2, 0.25) is 5.72 Å². The number of likely N-dealkylation sites (tertiary alicyclic amines) is 1. The predicted octanol–water partition coefficient (Wildman–Crippen LogP) is 5.47. The van der Waals surface area contributed by atoms with Crippen molar-refractivity contribution in [3.63, 3.8) is 0 Å². The van der Waals surface area contributed by atoms with E-state index in [2.05, 4.69) is 40.2 Å². The highest BCUT2D eigenvalue weighted by atomic mass is 35.5. The van der Waals surface area contributed by atoms with Gasteiger partial charge in [-0.25, -0.2) is 5.01 Å². The molecule has 6 heteroatoms. The molecule has 6 rings (SSSR count). The highest BCUT2D eigenvalue weighted by molar-refractivity contribution is 6.30. The zero-order valence-electron chi connectivity index (χ0n) is 17.2. The Morgan fingerprint density at radius 3 is 2.65 bits per heavy atom. The lowest BCUT2D eigenvalue weighted by Crippen LogP contribution is -2.59. The minimum absolute atomic E-state index is 0.114. The Morgan fingerprint density at radius 1 is 1.03 bits per heavy atom. The van der Waals surface area contributed by atoms with Gasteiger partial charge in [0.05, 0.1) is 12.3 Å². The summed E-state index contributed by atoms with van der Waals surface area (Å²) in [5, 5.41) is 7.96. The summed E-state index contributed by atoms with van der Waals surface area (Å²) >= 11 is 6.34. The zero-order chi connectivity index (χ0) is 20.8. The van der Waals surface area contributed by atoms with Crippen LogP contribution in [0.25, 0.3) is 0 Å². The van der Waals surface area contributed by atoms with Crippen LogP contribution in [-0.2, 0) is 6.54 Å². The topological polar surface area (TPSA) is 41.2 Å². The standard InChI is InChI=1S/C25H24ClN3O2/c26-19-8-9-23-20(15-19)22-16-21(24-7-4-14-30-24)27-29(22)25(31-23)10-12-28(13-11-25)17-18-5-2-1-3-6-18/h1-9,14-15,22H,10-13,16-17H2/t22-/m0/s1. The third-order valence-electron chi connectivity index (χ3n) is 6.65. The molecular weight excluding hydrogens is 410 g/mol. The molecule has 1 fully saturated rings. The summed E-state index contributed by atoms with van der Waals surface area (Å²) in [7, 11) is 0. The molecular formula is C25H24ClN3O2. The lowest BCUT2D eigenvalue weighted by molar-refractivity contribution is -0.150. The number of hydrazone groups is 1. The summed E-state index contributed by atoms with van der Waals surface area (Å²) in [6.45, 7) is 2.90. The second kappa shape index (κ2) is 7.43. The average Bonchev–Trinajstić information content (AvgIpc) is 3.47. The summed E-state index contributed by atoms with van der Waals surface area (Å²) < 4.78 is 12.4. The van der Waals surface area contributed by atoms with Gasteiger partial charge in [0.15, 0.2) is 0 Å². The van der Waals surface area contributed by atoms with Gasteiger partial charge in [0.1, 0.15) is 17.2 Å². The van der Waals surface area contributed by atoms with Gasteiger partial charge in [-0.05, 0) is 35.9 Å². The molecule has 3 aromatic rings.